The van der Waals surface area contributed by atoms with Gasteiger partial charge >= 0.3 is 0 Å². The Bertz CT molecular complexity index is 340. The quantitative estimate of drug-likeness (QED) is 0.724. The zero-order valence-electron chi connectivity index (χ0n) is 8.10. The van der Waals surface area contributed by atoms with Gasteiger partial charge in [0, 0.05) is 31.6 Å². The molecule has 1 aliphatic heterocycles. The molecule has 5 heteroatoms. The summed E-state index contributed by atoms with van der Waals surface area (Å²) in [6.07, 6.45) is 0.927. The maximum absolute atomic E-state index is 5.83. The molecule has 0 amide bonds. The van der Waals surface area contributed by atoms with E-state index in [2.05, 4.69) is 20.6 Å². The molecule has 0 fully saturated rings. The van der Waals surface area contributed by atoms with Gasteiger partial charge in [-0.3, -0.25) is 0 Å². The van der Waals surface area contributed by atoms with Crippen LogP contribution in [-0.2, 0) is 13.0 Å². The molecule has 2 heterocycles. The highest BCUT2D eigenvalue weighted by atomic mass is 35.5. The zero-order chi connectivity index (χ0) is 9.97. The van der Waals surface area contributed by atoms with Crippen LogP contribution in [0.1, 0.15) is 18.2 Å². The van der Waals surface area contributed by atoms with E-state index in [0.717, 1.165) is 43.1 Å². The smallest absolute Gasteiger partial charge is 0.224 e. The SMILES string of the molecule is CCNc1nc(Cl)nc2c1CNCC2. The number of halogens is 1. The first-order chi connectivity index (χ1) is 6.81. The van der Waals surface area contributed by atoms with Crippen LogP contribution in [0.25, 0.3) is 0 Å². The van der Waals surface area contributed by atoms with Crippen molar-refractivity contribution in [1.29, 1.82) is 0 Å². The van der Waals surface area contributed by atoms with Crippen LogP contribution in [0.3, 0.4) is 0 Å². The molecule has 0 atom stereocenters. The van der Waals surface area contributed by atoms with Crippen molar-refractivity contribution in [3.8, 4) is 0 Å². The highest BCUT2D eigenvalue weighted by molar-refractivity contribution is 6.28. The van der Waals surface area contributed by atoms with Crippen LogP contribution in [0, 0.1) is 0 Å². The van der Waals surface area contributed by atoms with Crippen molar-refractivity contribution in [1.82, 2.24) is 15.3 Å². The van der Waals surface area contributed by atoms with E-state index in [9.17, 15) is 0 Å². The number of fused-ring (bicyclic) bond motifs is 1. The van der Waals surface area contributed by atoms with Crippen molar-refractivity contribution in [3.63, 3.8) is 0 Å². The van der Waals surface area contributed by atoms with Crippen molar-refractivity contribution >= 4 is 17.4 Å². The van der Waals surface area contributed by atoms with Crippen molar-refractivity contribution in [2.24, 2.45) is 0 Å². The summed E-state index contributed by atoms with van der Waals surface area (Å²) in [4.78, 5) is 8.41. The van der Waals surface area contributed by atoms with Crippen LogP contribution in [0.2, 0.25) is 5.28 Å². The summed E-state index contributed by atoms with van der Waals surface area (Å²) in [6, 6.07) is 0. The topological polar surface area (TPSA) is 49.8 Å². The summed E-state index contributed by atoms with van der Waals surface area (Å²) in [6.45, 7) is 4.68. The van der Waals surface area contributed by atoms with Gasteiger partial charge in [-0.15, -0.1) is 0 Å². The average Bonchev–Trinajstić information content (AvgIpc) is 2.18. The Morgan fingerprint density at radius 3 is 3.14 bits per heavy atom. The van der Waals surface area contributed by atoms with E-state index in [1.807, 2.05) is 6.92 Å². The lowest BCUT2D eigenvalue weighted by atomic mass is 10.1. The highest BCUT2D eigenvalue weighted by Crippen LogP contribution is 2.21. The molecule has 0 aromatic carbocycles. The first-order valence-electron chi connectivity index (χ1n) is 4.81. The van der Waals surface area contributed by atoms with Gasteiger partial charge in [-0.2, -0.15) is 0 Å². The highest BCUT2D eigenvalue weighted by Gasteiger charge is 2.16. The van der Waals surface area contributed by atoms with Crippen molar-refractivity contribution in [3.05, 3.63) is 16.5 Å². The Hall–Kier alpha value is -0.870. The molecule has 0 unspecified atom stereocenters. The molecule has 2 N–H and O–H groups in total. The lowest BCUT2D eigenvalue weighted by Gasteiger charge is -2.19. The summed E-state index contributed by atoms with van der Waals surface area (Å²) in [7, 11) is 0. The third kappa shape index (κ3) is 1.81. The van der Waals surface area contributed by atoms with Crippen LogP contribution < -0.4 is 10.6 Å². The average molecular weight is 213 g/mol. The molecule has 0 bridgehead atoms. The number of anilines is 1. The second-order valence-electron chi connectivity index (χ2n) is 3.22. The molecular formula is C9H13ClN4. The summed E-state index contributed by atoms with van der Waals surface area (Å²) >= 11 is 5.83. The van der Waals surface area contributed by atoms with E-state index >= 15 is 0 Å². The number of nitrogens with one attached hydrogen (secondary N) is 2. The molecule has 0 aliphatic carbocycles. The molecule has 0 radical (unpaired) electrons. The van der Waals surface area contributed by atoms with Crippen LogP contribution >= 0.6 is 11.6 Å². The van der Waals surface area contributed by atoms with E-state index in [4.69, 9.17) is 11.6 Å². The molecule has 2 rings (SSSR count). The fourth-order valence-electron chi connectivity index (χ4n) is 1.63. The third-order valence-electron chi connectivity index (χ3n) is 2.25. The zero-order valence-corrected chi connectivity index (χ0v) is 8.86. The number of nitrogens with zero attached hydrogens (tertiary/aromatic N) is 2. The summed E-state index contributed by atoms with van der Waals surface area (Å²) in [5.74, 6) is 0.870. The Morgan fingerprint density at radius 2 is 2.36 bits per heavy atom. The van der Waals surface area contributed by atoms with E-state index in [1.54, 1.807) is 0 Å². The van der Waals surface area contributed by atoms with Crippen molar-refractivity contribution in [2.45, 2.75) is 19.9 Å². The van der Waals surface area contributed by atoms with Gasteiger partial charge in [0.05, 0.1) is 5.69 Å². The van der Waals surface area contributed by atoms with Crippen LogP contribution in [-0.4, -0.2) is 23.1 Å². The fraction of sp³-hybridized carbons (Fsp3) is 0.556. The minimum Gasteiger partial charge on any atom is -0.370 e. The first kappa shape index (κ1) is 9.68. The van der Waals surface area contributed by atoms with Gasteiger partial charge in [0.25, 0.3) is 0 Å². The second kappa shape index (κ2) is 4.11. The molecule has 14 heavy (non-hydrogen) atoms. The van der Waals surface area contributed by atoms with Gasteiger partial charge in [0.1, 0.15) is 5.82 Å². The van der Waals surface area contributed by atoms with Crippen LogP contribution in [0.5, 0.6) is 0 Å². The second-order valence-corrected chi connectivity index (χ2v) is 3.56. The van der Waals surface area contributed by atoms with Gasteiger partial charge in [0.2, 0.25) is 5.28 Å². The molecule has 1 aromatic rings. The normalized spacial score (nSPS) is 15.0. The molecule has 1 aromatic heterocycles. The molecule has 0 saturated carbocycles. The minimum atomic E-state index is 0.335. The molecule has 76 valence electrons. The molecule has 0 spiro atoms. The predicted octanol–water partition coefficient (Wildman–Crippen LogP) is 1.21. The van der Waals surface area contributed by atoms with Crippen LogP contribution in [0.15, 0.2) is 0 Å². The van der Waals surface area contributed by atoms with Crippen LogP contribution in [0.4, 0.5) is 5.82 Å². The van der Waals surface area contributed by atoms with Gasteiger partial charge in [-0.25, -0.2) is 9.97 Å². The van der Waals surface area contributed by atoms with Gasteiger partial charge < -0.3 is 10.6 Å². The van der Waals surface area contributed by atoms with Gasteiger partial charge in [-0.1, -0.05) is 0 Å². The lowest BCUT2D eigenvalue weighted by Crippen LogP contribution is -2.26. The monoisotopic (exact) mass is 212 g/mol. The number of aromatic nitrogens is 2. The Balaban J connectivity index is 2.41. The Labute approximate surface area is 88.1 Å². The molecule has 4 nitrogen and oxygen atoms in total. The number of rotatable bonds is 2. The third-order valence-corrected chi connectivity index (χ3v) is 2.42. The fourth-order valence-corrected chi connectivity index (χ4v) is 1.81. The minimum absolute atomic E-state index is 0.335. The first-order valence-corrected chi connectivity index (χ1v) is 5.19. The number of hydrogen-bond donors (Lipinski definition) is 2. The summed E-state index contributed by atoms with van der Waals surface area (Å²) in [5.41, 5.74) is 2.22. The molecule has 0 saturated heterocycles. The van der Waals surface area contributed by atoms with Crippen molar-refractivity contribution in [2.75, 3.05) is 18.4 Å². The maximum atomic E-state index is 5.83. The van der Waals surface area contributed by atoms with E-state index < -0.39 is 0 Å². The van der Waals surface area contributed by atoms with E-state index in [1.165, 1.54) is 0 Å². The molecule has 1 aliphatic rings. The van der Waals surface area contributed by atoms with E-state index in [0.29, 0.717) is 5.28 Å². The van der Waals surface area contributed by atoms with E-state index in [-0.39, 0.29) is 0 Å². The largest absolute Gasteiger partial charge is 0.370 e. The van der Waals surface area contributed by atoms with Gasteiger partial charge in [-0.05, 0) is 18.5 Å². The molecular weight excluding hydrogens is 200 g/mol. The number of hydrogen-bond acceptors (Lipinski definition) is 4. The van der Waals surface area contributed by atoms with Gasteiger partial charge in [0.15, 0.2) is 0 Å². The summed E-state index contributed by atoms with van der Waals surface area (Å²) < 4.78 is 0. The van der Waals surface area contributed by atoms with Crippen molar-refractivity contribution < 1.29 is 0 Å². The predicted molar refractivity (Wildman–Crippen MR) is 56.6 cm³/mol. The standard InChI is InChI=1S/C9H13ClN4/c1-2-12-8-6-5-11-4-3-7(6)13-9(10)14-8/h11H,2-5H2,1H3,(H,12,13,14). The Kier molecular flexibility index (Phi) is 2.84. The summed E-state index contributed by atoms with van der Waals surface area (Å²) in [5, 5.41) is 6.83. The maximum Gasteiger partial charge on any atom is 0.224 e. The lowest BCUT2D eigenvalue weighted by molar-refractivity contribution is 0.627. The Morgan fingerprint density at radius 1 is 1.50 bits per heavy atom.